The van der Waals surface area contributed by atoms with Crippen molar-refractivity contribution in [3.63, 3.8) is 0 Å². The predicted octanol–water partition coefficient (Wildman–Crippen LogP) is 3.30. The molecule has 7 nitrogen and oxygen atoms in total. The number of nitrogens with zero attached hydrogens (tertiary/aromatic N) is 1. The number of nitrogens with two attached hydrogens (primary N) is 1. The largest absolute Gasteiger partial charge is 0.366 e. The topological polar surface area (TPSA) is 105 Å². The molecular formula is C19H20N2O5. The van der Waals surface area contributed by atoms with Crippen LogP contribution >= 0.6 is 0 Å². The van der Waals surface area contributed by atoms with E-state index >= 15 is 0 Å². The van der Waals surface area contributed by atoms with E-state index in [1.165, 1.54) is 12.1 Å². The van der Waals surface area contributed by atoms with Gasteiger partial charge in [-0.2, -0.15) is 0 Å². The summed E-state index contributed by atoms with van der Waals surface area (Å²) >= 11 is 0. The first kappa shape index (κ1) is 18.0. The summed E-state index contributed by atoms with van der Waals surface area (Å²) in [5, 5.41) is 10.8. The second-order valence-corrected chi connectivity index (χ2v) is 6.18. The van der Waals surface area contributed by atoms with Gasteiger partial charge in [0.15, 0.2) is 6.29 Å². The van der Waals surface area contributed by atoms with E-state index in [1.807, 2.05) is 12.1 Å². The Morgan fingerprint density at radius 3 is 2.54 bits per heavy atom. The van der Waals surface area contributed by atoms with Crippen LogP contribution in [0.2, 0.25) is 0 Å². The van der Waals surface area contributed by atoms with Crippen molar-refractivity contribution in [2.45, 2.75) is 25.0 Å². The lowest BCUT2D eigenvalue weighted by molar-refractivity contribution is -0.384. The monoisotopic (exact) mass is 356 g/mol. The van der Waals surface area contributed by atoms with Gasteiger partial charge in [0.2, 0.25) is 5.91 Å². The minimum Gasteiger partial charge on any atom is -0.366 e. The van der Waals surface area contributed by atoms with Gasteiger partial charge in [0.25, 0.3) is 5.69 Å². The number of ether oxygens (including phenoxy) is 2. The van der Waals surface area contributed by atoms with E-state index in [2.05, 4.69) is 0 Å². The van der Waals surface area contributed by atoms with Crippen LogP contribution in [-0.2, 0) is 9.47 Å². The number of benzene rings is 2. The summed E-state index contributed by atoms with van der Waals surface area (Å²) in [7, 11) is 0. The minimum atomic E-state index is -0.598. The molecule has 3 rings (SSSR count). The van der Waals surface area contributed by atoms with E-state index in [-0.39, 0.29) is 11.6 Å². The van der Waals surface area contributed by atoms with E-state index in [0.717, 1.165) is 24.0 Å². The normalized spacial score (nSPS) is 20.8. The Bertz CT molecular complexity index is 791. The van der Waals surface area contributed by atoms with Crippen molar-refractivity contribution in [1.82, 2.24) is 0 Å². The van der Waals surface area contributed by atoms with Gasteiger partial charge in [0.1, 0.15) is 0 Å². The summed E-state index contributed by atoms with van der Waals surface area (Å²) in [6.07, 6.45) is 1.03. The molecule has 1 aliphatic rings. The van der Waals surface area contributed by atoms with Crippen molar-refractivity contribution >= 4 is 11.6 Å². The van der Waals surface area contributed by atoms with Crippen molar-refractivity contribution in [2.75, 3.05) is 13.2 Å². The van der Waals surface area contributed by atoms with Crippen LogP contribution in [0.1, 0.15) is 46.5 Å². The van der Waals surface area contributed by atoms with Crippen LogP contribution in [-0.4, -0.2) is 24.0 Å². The fraction of sp³-hybridized carbons (Fsp3) is 0.316. The lowest BCUT2D eigenvalue weighted by atomic mass is 9.90. The van der Waals surface area contributed by atoms with Crippen molar-refractivity contribution in [3.05, 3.63) is 75.3 Å². The third kappa shape index (κ3) is 4.07. The molecule has 1 aliphatic heterocycles. The molecule has 1 saturated heterocycles. The fourth-order valence-electron chi connectivity index (χ4n) is 3.12. The molecule has 0 saturated carbocycles. The molecule has 0 aromatic heterocycles. The van der Waals surface area contributed by atoms with Crippen molar-refractivity contribution in [1.29, 1.82) is 0 Å². The third-order valence-electron chi connectivity index (χ3n) is 4.46. The maximum atomic E-state index is 11.7. The molecule has 0 bridgehead atoms. The summed E-state index contributed by atoms with van der Waals surface area (Å²) in [6, 6.07) is 13.4. The number of carbonyl (C=O) groups excluding carboxylic acids is 1. The van der Waals surface area contributed by atoms with Gasteiger partial charge in [-0.05, 0) is 36.6 Å². The minimum absolute atomic E-state index is 0.0212. The molecule has 26 heavy (non-hydrogen) atoms. The van der Waals surface area contributed by atoms with Crippen molar-refractivity contribution < 1.29 is 19.2 Å². The average molecular weight is 356 g/mol. The Balaban J connectivity index is 1.77. The quantitative estimate of drug-likeness (QED) is 0.668. The average Bonchev–Trinajstić information content (AvgIpc) is 2.62. The number of carbonyl (C=O) groups is 1. The van der Waals surface area contributed by atoms with Crippen LogP contribution in [0.25, 0.3) is 0 Å². The van der Waals surface area contributed by atoms with E-state index in [0.29, 0.717) is 18.8 Å². The van der Waals surface area contributed by atoms with Gasteiger partial charge in [0, 0.05) is 29.2 Å². The number of hydrogen-bond donors (Lipinski definition) is 1. The van der Waals surface area contributed by atoms with Crippen LogP contribution < -0.4 is 5.73 Å². The fourth-order valence-corrected chi connectivity index (χ4v) is 3.12. The van der Waals surface area contributed by atoms with Crippen LogP contribution in [0.5, 0.6) is 0 Å². The maximum Gasteiger partial charge on any atom is 0.269 e. The highest BCUT2D eigenvalue weighted by Gasteiger charge is 2.23. The first-order valence-electron chi connectivity index (χ1n) is 8.42. The molecule has 1 heterocycles. The Kier molecular flexibility index (Phi) is 5.60. The van der Waals surface area contributed by atoms with Gasteiger partial charge in [0.05, 0.1) is 18.1 Å². The van der Waals surface area contributed by atoms with Crippen LogP contribution in [0.3, 0.4) is 0 Å². The second kappa shape index (κ2) is 8.07. The highest BCUT2D eigenvalue weighted by molar-refractivity contribution is 5.94. The number of nitro benzene ring substituents is 1. The molecule has 2 N–H and O–H groups in total. The first-order chi connectivity index (χ1) is 12.6. The van der Waals surface area contributed by atoms with E-state index in [9.17, 15) is 14.9 Å². The molecule has 2 aromatic rings. The summed E-state index contributed by atoms with van der Waals surface area (Å²) in [5.41, 5.74) is 7.62. The molecule has 1 fully saturated rings. The van der Waals surface area contributed by atoms with Crippen LogP contribution in [0.15, 0.2) is 48.5 Å². The maximum absolute atomic E-state index is 11.7. The molecule has 0 spiro atoms. The Labute approximate surface area is 150 Å². The van der Waals surface area contributed by atoms with E-state index in [4.69, 9.17) is 15.2 Å². The van der Waals surface area contributed by atoms with E-state index < -0.39 is 17.1 Å². The number of nitro groups is 1. The smallest absolute Gasteiger partial charge is 0.269 e. The van der Waals surface area contributed by atoms with E-state index in [1.54, 1.807) is 24.3 Å². The summed E-state index contributed by atoms with van der Waals surface area (Å²) in [4.78, 5) is 22.0. The highest BCUT2D eigenvalue weighted by atomic mass is 16.7. The Morgan fingerprint density at radius 2 is 1.85 bits per heavy atom. The van der Waals surface area contributed by atoms with Gasteiger partial charge < -0.3 is 15.2 Å². The summed E-state index contributed by atoms with van der Waals surface area (Å²) in [5.74, 6) is -0.422. The lowest BCUT2D eigenvalue weighted by Gasteiger charge is -2.27. The Hall–Kier alpha value is -2.77. The van der Waals surface area contributed by atoms with Crippen LogP contribution in [0, 0.1) is 10.1 Å². The number of amides is 1. The zero-order valence-electron chi connectivity index (χ0n) is 14.2. The predicted molar refractivity (Wildman–Crippen MR) is 94.7 cm³/mol. The van der Waals surface area contributed by atoms with Gasteiger partial charge in [-0.3, -0.25) is 14.9 Å². The zero-order valence-corrected chi connectivity index (χ0v) is 14.2. The highest BCUT2D eigenvalue weighted by Crippen LogP contribution is 2.31. The molecule has 2 atom stereocenters. The Morgan fingerprint density at radius 1 is 1.12 bits per heavy atom. The van der Waals surface area contributed by atoms with Crippen molar-refractivity contribution in [3.8, 4) is 0 Å². The molecule has 136 valence electrons. The van der Waals surface area contributed by atoms with Gasteiger partial charge >= 0.3 is 0 Å². The van der Waals surface area contributed by atoms with Gasteiger partial charge in [-0.1, -0.05) is 18.2 Å². The number of primary amides is 1. The molecule has 7 heteroatoms. The molecular weight excluding hydrogens is 336 g/mol. The number of hydrogen-bond acceptors (Lipinski definition) is 5. The molecule has 1 amide bonds. The van der Waals surface area contributed by atoms with Gasteiger partial charge in [-0.15, -0.1) is 0 Å². The molecule has 2 aromatic carbocycles. The summed E-state index contributed by atoms with van der Waals surface area (Å²) < 4.78 is 11.7. The van der Waals surface area contributed by atoms with Crippen molar-refractivity contribution in [2.24, 2.45) is 5.73 Å². The molecule has 0 aliphatic carbocycles. The molecule has 0 radical (unpaired) electrons. The zero-order chi connectivity index (χ0) is 18.5. The second-order valence-electron chi connectivity index (χ2n) is 6.18. The van der Waals surface area contributed by atoms with Crippen LogP contribution in [0.4, 0.5) is 5.69 Å². The first-order valence-corrected chi connectivity index (χ1v) is 8.42. The lowest BCUT2D eigenvalue weighted by Crippen LogP contribution is -2.22. The standard InChI is InChI=1S/C19H20N2O5/c20-18(22)17-6-2-1-5-16(17)14-4-3-11-25-19(26-12-14)13-7-9-15(10-8-13)21(23)24/h1-2,5-10,14,19H,3-4,11-12H2,(H2,20,22)/t14-,19+/m0/s1. The molecule has 0 unspecified atom stereocenters. The SMILES string of the molecule is NC(=O)c1ccccc1[C@H]1CCCO[C@@H](c2ccc([N+](=O)[O-])cc2)OC1. The summed E-state index contributed by atoms with van der Waals surface area (Å²) in [6.45, 7) is 0.864. The number of non-ortho nitro benzene ring substituents is 1. The number of rotatable bonds is 4. The van der Waals surface area contributed by atoms with Gasteiger partial charge in [-0.25, -0.2) is 0 Å². The third-order valence-corrected chi connectivity index (χ3v) is 4.46.